The molecule has 0 aliphatic rings. The fraction of sp³-hybridized carbons (Fsp3) is 0.231. The number of aryl methyl sites for hydroxylation is 1. The van der Waals surface area contributed by atoms with Crippen molar-refractivity contribution in [3.63, 3.8) is 0 Å². The van der Waals surface area contributed by atoms with Crippen LogP contribution in [0.3, 0.4) is 0 Å². The van der Waals surface area contributed by atoms with E-state index < -0.39 is 17.5 Å². The predicted octanol–water partition coefficient (Wildman–Crippen LogP) is 0.828. The smallest absolute Gasteiger partial charge is 0.378 e. The van der Waals surface area contributed by atoms with Crippen molar-refractivity contribution >= 4 is 17.5 Å². The number of esters is 1. The molecule has 0 N–H and O–H groups in total. The maximum atomic E-state index is 11.6. The average Bonchev–Trinajstić information content (AvgIpc) is 2.30. The summed E-state index contributed by atoms with van der Waals surface area (Å²) >= 11 is 0. The predicted molar refractivity (Wildman–Crippen MR) is 60.8 cm³/mol. The van der Waals surface area contributed by atoms with E-state index in [1.807, 2.05) is 6.92 Å². The highest BCUT2D eigenvalue weighted by molar-refractivity contribution is 6.39. The van der Waals surface area contributed by atoms with Gasteiger partial charge in [-0.2, -0.15) is 0 Å². The standard InChI is InChI=1S/C13H14O4/c1-3-17-13(16)12(15)8-11(14)10-6-4-9(2)5-7-10/h4-8,14H,3H2,1-2H3/p-1/b11-8-. The number of ketones is 1. The molecule has 0 saturated carbocycles. The largest absolute Gasteiger partial charge is 0.872 e. The molecule has 0 radical (unpaired) electrons. The lowest BCUT2D eigenvalue weighted by Gasteiger charge is -2.11. The van der Waals surface area contributed by atoms with Crippen LogP contribution in [0.2, 0.25) is 0 Å². The Morgan fingerprint density at radius 1 is 1.29 bits per heavy atom. The number of hydrogen-bond acceptors (Lipinski definition) is 4. The molecule has 0 aromatic heterocycles. The SMILES string of the molecule is CCOC(=O)C(=O)/C=C(\[O-])c1ccc(C)cc1. The van der Waals surface area contributed by atoms with Crippen LogP contribution in [-0.2, 0) is 14.3 Å². The van der Waals surface area contributed by atoms with E-state index in [1.54, 1.807) is 31.2 Å². The van der Waals surface area contributed by atoms with Gasteiger partial charge in [0.2, 0.25) is 0 Å². The minimum absolute atomic E-state index is 0.108. The highest BCUT2D eigenvalue weighted by Gasteiger charge is 2.10. The van der Waals surface area contributed by atoms with E-state index in [0.29, 0.717) is 5.56 Å². The Morgan fingerprint density at radius 2 is 1.88 bits per heavy atom. The summed E-state index contributed by atoms with van der Waals surface area (Å²) in [5.74, 6) is -2.44. The Labute approximate surface area is 99.5 Å². The minimum atomic E-state index is -1.01. The number of carbonyl (C=O) groups excluding carboxylic acids is 2. The number of ether oxygens (including phenoxy) is 1. The van der Waals surface area contributed by atoms with Crippen LogP contribution in [0, 0.1) is 6.92 Å². The zero-order valence-corrected chi connectivity index (χ0v) is 9.73. The lowest BCUT2D eigenvalue weighted by molar-refractivity contribution is -0.243. The van der Waals surface area contributed by atoms with Gasteiger partial charge in [-0.15, -0.1) is 0 Å². The first kappa shape index (κ1) is 13.0. The third-order valence-corrected chi connectivity index (χ3v) is 2.07. The normalized spacial score (nSPS) is 11.1. The Bertz CT molecular complexity index is 443. The van der Waals surface area contributed by atoms with Gasteiger partial charge in [-0.05, 0) is 25.5 Å². The molecule has 90 valence electrons. The van der Waals surface area contributed by atoms with Crippen molar-refractivity contribution in [3.05, 3.63) is 41.5 Å². The summed E-state index contributed by atoms with van der Waals surface area (Å²) in [7, 11) is 0. The van der Waals surface area contributed by atoms with Crippen LogP contribution < -0.4 is 5.11 Å². The summed E-state index contributed by atoms with van der Waals surface area (Å²) in [6, 6.07) is 6.73. The van der Waals surface area contributed by atoms with Gasteiger partial charge in [-0.3, -0.25) is 4.79 Å². The topological polar surface area (TPSA) is 66.4 Å². The highest BCUT2D eigenvalue weighted by atomic mass is 16.5. The summed E-state index contributed by atoms with van der Waals surface area (Å²) in [5, 5.41) is 11.6. The monoisotopic (exact) mass is 233 g/mol. The van der Waals surface area contributed by atoms with Crippen molar-refractivity contribution in [2.45, 2.75) is 13.8 Å². The quantitative estimate of drug-likeness (QED) is 0.334. The van der Waals surface area contributed by atoms with E-state index in [9.17, 15) is 14.7 Å². The van der Waals surface area contributed by atoms with Crippen LogP contribution in [0.15, 0.2) is 30.3 Å². The van der Waals surface area contributed by atoms with Crippen LogP contribution in [0.1, 0.15) is 18.1 Å². The van der Waals surface area contributed by atoms with Gasteiger partial charge >= 0.3 is 5.97 Å². The molecule has 0 heterocycles. The summed E-state index contributed by atoms with van der Waals surface area (Å²) in [4.78, 5) is 22.2. The van der Waals surface area contributed by atoms with E-state index in [2.05, 4.69) is 4.74 Å². The molecule has 0 aliphatic carbocycles. The number of benzene rings is 1. The van der Waals surface area contributed by atoms with E-state index in [0.717, 1.165) is 11.6 Å². The lowest BCUT2D eigenvalue weighted by atomic mass is 10.1. The fourth-order valence-corrected chi connectivity index (χ4v) is 1.18. The van der Waals surface area contributed by atoms with Crippen molar-refractivity contribution < 1.29 is 19.4 Å². The van der Waals surface area contributed by atoms with Gasteiger partial charge < -0.3 is 9.84 Å². The molecule has 0 fully saturated rings. The molecule has 17 heavy (non-hydrogen) atoms. The van der Waals surface area contributed by atoms with Gasteiger partial charge in [0.05, 0.1) is 6.61 Å². The molecular weight excluding hydrogens is 220 g/mol. The number of hydrogen-bond donors (Lipinski definition) is 0. The molecule has 0 aliphatic heterocycles. The van der Waals surface area contributed by atoms with Gasteiger partial charge in [-0.25, -0.2) is 4.79 Å². The van der Waals surface area contributed by atoms with Gasteiger partial charge in [0.25, 0.3) is 5.78 Å². The van der Waals surface area contributed by atoms with Crippen LogP contribution in [-0.4, -0.2) is 18.4 Å². The van der Waals surface area contributed by atoms with Crippen LogP contribution in [0.4, 0.5) is 0 Å². The number of carbonyl (C=O) groups is 2. The maximum Gasteiger partial charge on any atom is 0.378 e. The van der Waals surface area contributed by atoms with Crippen LogP contribution in [0.25, 0.3) is 5.76 Å². The molecule has 0 atom stereocenters. The van der Waals surface area contributed by atoms with Gasteiger partial charge in [-0.1, -0.05) is 35.6 Å². The molecule has 0 unspecified atom stereocenters. The zero-order chi connectivity index (χ0) is 12.8. The van der Waals surface area contributed by atoms with E-state index in [-0.39, 0.29) is 6.61 Å². The molecule has 0 bridgehead atoms. The van der Waals surface area contributed by atoms with E-state index >= 15 is 0 Å². The van der Waals surface area contributed by atoms with Crippen molar-refractivity contribution in [1.29, 1.82) is 0 Å². The Hall–Kier alpha value is -2.10. The Kier molecular flexibility index (Phi) is 4.46. The van der Waals surface area contributed by atoms with Gasteiger partial charge in [0.1, 0.15) is 0 Å². The van der Waals surface area contributed by atoms with Crippen molar-refractivity contribution in [2.24, 2.45) is 0 Å². The molecule has 4 nitrogen and oxygen atoms in total. The van der Waals surface area contributed by atoms with E-state index in [4.69, 9.17) is 0 Å². The second-order valence-electron chi connectivity index (χ2n) is 3.46. The Balaban J connectivity index is 2.82. The molecule has 4 heteroatoms. The Morgan fingerprint density at radius 3 is 2.41 bits per heavy atom. The fourth-order valence-electron chi connectivity index (χ4n) is 1.18. The summed E-state index contributed by atoms with van der Waals surface area (Å²) in [6.07, 6.45) is 0.753. The number of rotatable bonds is 4. The molecule has 1 aromatic carbocycles. The van der Waals surface area contributed by atoms with Gasteiger partial charge in [0, 0.05) is 0 Å². The second kappa shape index (κ2) is 5.84. The van der Waals surface area contributed by atoms with Crippen molar-refractivity contribution in [3.8, 4) is 0 Å². The minimum Gasteiger partial charge on any atom is -0.872 e. The first-order valence-electron chi connectivity index (χ1n) is 5.21. The first-order chi connectivity index (χ1) is 8.04. The van der Waals surface area contributed by atoms with Crippen LogP contribution >= 0.6 is 0 Å². The van der Waals surface area contributed by atoms with Crippen LogP contribution in [0.5, 0.6) is 0 Å². The maximum absolute atomic E-state index is 11.6. The summed E-state index contributed by atoms with van der Waals surface area (Å²) < 4.78 is 4.49. The summed E-state index contributed by atoms with van der Waals surface area (Å²) in [5.41, 5.74) is 1.38. The van der Waals surface area contributed by atoms with Gasteiger partial charge in [0.15, 0.2) is 0 Å². The molecule has 0 saturated heterocycles. The van der Waals surface area contributed by atoms with Crippen molar-refractivity contribution in [2.75, 3.05) is 6.61 Å². The molecule has 1 aromatic rings. The molecule has 0 amide bonds. The van der Waals surface area contributed by atoms with E-state index in [1.165, 1.54) is 0 Å². The molecule has 1 rings (SSSR count). The molecular formula is C13H13O4-. The highest BCUT2D eigenvalue weighted by Crippen LogP contribution is 2.09. The zero-order valence-electron chi connectivity index (χ0n) is 9.73. The van der Waals surface area contributed by atoms with Crippen molar-refractivity contribution in [1.82, 2.24) is 0 Å². The second-order valence-corrected chi connectivity index (χ2v) is 3.46. The average molecular weight is 233 g/mol. The molecule has 0 spiro atoms. The lowest BCUT2D eigenvalue weighted by Crippen LogP contribution is -2.17. The third-order valence-electron chi connectivity index (χ3n) is 2.07. The first-order valence-corrected chi connectivity index (χ1v) is 5.21. The third kappa shape index (κ3) is 3.75. The summed E-state index contributed by atoms with van der Waals surface area (Å²) in [6.45, 7) is 3.59.